The molecule has 150 valence electrons. The van der Waals surface area contributed by atoms with E-state index in [-0.39, 0.29) is 12.0 Å². The molecule has 7 heteroatoms. The molecule has 2 amide bonds. The molecule has 0 aliphatic carbocycles. The molecule has 0 spiro atoms. The third-order valence-electron chi connectivity index (χ3n) is 4.60. The zero-order valence-electron chi connectivity index (χ0n) is 16.7. The van der Waals surface area contributed by atoms with Crippen molar-refractivity contribution in [2.75, 3.05) is 32.8 Å². The quantitative estimate of drug-likeness (QED) is 0.768. The summed E-state index contributed by atoms with van der Waals surface area (Å²) in [6.07, 6.45) is 0.440. The first-order valence-corrected chi connectivity index (χ1v) is 10.5. The van der Waals surface area contributed by atoms with Gasteiger partial charge in [-0.2, -0.15) is 0 Å². The van der Waals surface area contributed by atoms with Crippen molar-refractivity contribution < 1.29 is 14.3 Å². The number of rotatable bonds is 5. The van der Waals surface area contributed by atoms with Gasteiger partial charge in [-0.25, -0.2) is 9.78 Å². The van der Waals surface area contributed by atoms with Crippen molar-refractivity contribution in [3.8, 4) is 0 Å². The summed E-state index contributed by atoms with van der Waals surface area (Å²) in [5.41, 5.74) is 1.96. The van der Waals surface area contributed by atoms with Crippen LogP contribution in [0, 0.1) is 12.8 Å². The molecule has 2 heterocycles. The van der Waals surface area contributed by atoms with Gasteiger partial charge in [0.15, 0.2) is 0 Å². The number of hydrogen-bond donors (Lipinski definition) is 0. The third-order valence-corrected chi connectivity index (χ3v) is 5.74. The summed E-state index contributed by atoms with van der Waals surface area (Å²) in [6, 6.07) is 10.1. The zero-order chi connectivity index (χ0) is 20.1. The van der Waals surface area contributed by atoms with Gasteiger partial charge in [-0.3, -0.25) is 4.79 Å². The zero-order valence-corrected chi connectivity index (χ0v) is 17.5. The maximum atomic E-state index is 12.9. The minimum absolute atomic E-state index is 0.00418. The summed E-state index contributed by atoms with van der Waals surface area (Å²) in [6.45, 7) is 8.34. The molecule has 1 aliphatic rings. The van der Waals surface area contributed by atoms with Crippen LogP contribution in [0.3, 0.4) is 0 Å². The van der Waals surface area contributed by atoms with Gasteiger partial charge in [0, 0.05) is 32.6 Å². The summed E-state index contributed by atoms with van der Waals surface area (Å²) in [5.74, 6) is 0.315. The van der Waals surface area contributed by atoms with Crippen LogP contribution in [0.15, 0.2) is 30.3 Å². The highest BCUT2D eigenvalue weighted by Gasteiger charge is 2.28. The van der Waals surface area contributed by atoms with Gasteiger partial charge in [-0.1, -0.05) is 44.2 Å². The second-order valence-electron chi connectivity index (χ2n) is 7.43. The number of amides is 2. The van der Waals surface area contributed by atoms with E-state index < -0.39 is 0 Å². The van der Waals surface area contributed by atoms with E-state index in [1.807, 2.05) is 39.0 Å². The van der Waals surface area contributed by atoms with E-state index in [2.05, 4.69) is 17.1 Å². The third kappa shape index (κ3) is 5.10. The summed E-state index contributed by atoms with van der Waals surface area (Å²) in [4.78, 5) is 33.8. The highest BCUT2D eigenvalue weighted by atomic mass is 32.1. The predicted molar refractivity (Wildman–Crippen MR) is 110 cm³/mol. The maximum absolute atomic E-state index is 12.9. The minimum atomic E-state index is -0.292. The average molecular weight is 402 g/mol. The molecule has 0 radical (unpaired) electrons. The highest BCUT2D eigenvalue weighted by Crippen LogP contribution is 2.23. The van der Waals surface area contributed by atoms with Crippen LogP contribution >= 0.6 is 11.3 Å². The summed E-state index contributed by atoms with van der Waals surface area (Å²) < 4.78 is 5.28. The molecule has 1 saturated heterocycles. The highest BCUT2D eigenvalue weighted by molar-refractivity contribution is 7.13. The molecule has 6 nitrogen and oxygen atoms in total. The molecule has 0 atom stereocenters. The number of carbonyl (C=O) groups is 2. The van der Waals surface area contributed by atoms with E-state index in [0.29, 0.717) is 43.6 Å². The van der Waals surface area contributed by atoms with E-state index in [0.717, 1.165) is 17.1 Å². The van der Waals surface area contributed by atoms with Gasteiger partial charge in [-0.05, 0) is 18.4 Å². The Morgan fingerprint density at radius 2 is 1.75 bits per heavy atom. The lowest BCUT2D eigenvalue weighted by Gasteiger charge is -2.34. The SMILES string of the molecule is Cc1nc(Cc2ccccc2)sc1C(=O)N1CCN(C(=O)OCC(C)C)CC1. The van der Waals surface area contributed by atoms with Gasteiger partial charge in [0.2, 0.25) is 0 Å². The van der Waals surface area contributed by atoms with Gasteiger partial charge in [-0.15, -0.1) is 11.3 Å². The maximum Gasteiger partial charge on any atom is 0.409 e. The van der Waals surface area contributed by atoms with Crippen molar-refractivity contribution in [2.24, 2.45) is 5.92 Å². The van der Waals surface area contributed by atoms with Crippen LogP contribution in [-0.4, -0.2) is 59.6 Å². The molecule has 0 N–H and O–H groups in total. The van der Waals surface area contributed by atoms with Gasteiger partial charge in [0.1, 0.15) is 4.88 Å². The number of thiazole rings is 1. The van der Waals surface area contributed by atoms with Gasteiger partial charge < -0.3 is 14.5 Å². The Labute approximate surface area is 170 Å². The molecular formula is C21H27N3O3S. The van der Waals surface area contributed by atoms with E-state index in [9.17, 15) is 9.59 Å². The Morgan fingerprint density at radius 1 is 1.11 bits per heavy atom. The van der Waals surface area contributed by atoms with Crippen molar-refractivity contribution in [1.29, 1.82) is 0 Å². The van der Waals surface area contributed by atoms with Crippen molar-refractivity contribution in [2.45, 2.75) is 27.2 Å². The van der Waals surface area contributed by atoms with Gasteiger partial charge in [0.05, 0.1) is 17.3 Å². The molecule has 0 saturated carbocycles. The first-order chi connectivity index (χ1) is 13.4. The number of aromatic nitrogens is 1. The fourth-order valence-electron chi connectivity index (χ4n) is 3.06. The van der Waals surface area contributed by atoms with Crippen LogP contribution in [0.1, 0.15) is 39.8 Å². The molecule has 3 rings (SSSR count). The van der Waals surface area contributed by atoms with Crippen molar-refractivity contribution in [3.05, 3.63) is 51.5 Å². The van der Waals surface area contributed by atoms with Crippen molar-refractivity contribution in [1.82, 2.24) is 14.8 Å². The predicted octanol–water partition coefficient (Wildman–Crippen LogP) is 3.59. The second kappa shape index (κ2) is 9.19. The molecule has 0 unspecified atom stereocenters. The first kappa shape index (κ1) is 20.3. The fourth-order valence-corrected chi connectivity index (χ4v) is 4.13. The van der Waals surface area contributed by atoms with Gasteiger partial charge in [0.25, 0.3) is 5.91 Å². The van der Waals surface area contributed by atoms with E-state index in [1.54, 1.807) is 9.80 Å². The van der Waals surface area contributed by atoms with Crippen LogP contribution in [0.2, 0.25) is 0 Å². The molecule has 1 fully saturated rings. The summed E-state index contributed by atoms with van der Waals surface area (Å²) >= 11 is 1.47. The number of carbonyl (C=O) groups excluding carboxylic acids is 2. The second-order valence-corrected chi connectivity index (χ2v) is 8.52. The standard InChI is InChI=1S/C21H27N3O3S/c1-15(2)14-27-21(26)24-11-9-23(10-12-24)20(25)19-16(3)22-18(28-19)13-17-7-5-4-6-8-17/h4-8,15H,9-14H2,1-3H3. The molecule has 1 aromatic carbocycles. The lowest BCUT2D eigenvalue weighted by atomic mass is 10.2. The van der Waals surface area contributed by atoms with Crippen LogP contribution in [0.4, 0.5) is 4.79 Å². The van der Waals surface area contributed by atoms with Crippen LogP contribution in [0.25, 0.3) is 0 Å². The number of piperazine rings is 1. The molecule has 28 heavy (non-hydrogen) atoms. The monoisotopic (exact) mass is 401 g/mol. The molecular weight excluding hydrogens is 374 g/mol. The molecule has 0 bridgehead atoms. The molecule has 1 aliphatic heterocycles. The largest absolute Gasteiger partial charge is 0.449 e. The lowest BCUT2D eigenvalue weighted by molar-refractivity contribution is 0.0538. The smallest absolute Gasteiger partial charge is 0.409 e. The van der Waals surface area contributed by atoms with Crippen molar-refractivity contribution in [3.63, 3.8) is 0 Å². The summed E-state index contributed by atoms with van der Waals surface area (Å²) in [5, 5.41) is 0.947. The number of hydrogen-bond acceptors (Lipinski definition) is 5. The van der Waals surface area contributed by atoms with Crippen LogP contribution in [0.5, 0.6) is 0 Å². The Bertz CT molecular complexity index is 812. The number of aryl methyl sites for hydroxylation is 1. The topological polar surface area (TPSA) is 62.7 Å². The lowest BCUT2D eigenvalue weighted by Crippen LogP contribution is -2.50. The number of benzene rings is 1. The Hall–Kier alpha value is -2.41. The van der Waals surface area contributed by atoms with Crippen molar-refractivity contribution >= 4 is 23.3 Å². The van der Waals surface area contributed by atoms with Gasteiger partial charge >= 0.3 is 6.09 Å². The first-order valence-electron chi connectivity index (χ1n) is 9.65. The molecule has 2 aromatic rings. The van der Waals surface area contributed by atoms with E-state index in [4.69, 9.17) is 4.74 Å². The van der Waals surface area contributed by atoms with Crippen LogP contribution < -0.4 is 0 Å². The average Bonchev–Trinajstić information content (AvgIpc) is 3.06. The minimum Gasteiger partial charge on any atom is -0.449 e. The fraction of sp³-hybridized carbons (Fsp3) is 0.476. The van der Waals surface area contributed by atoms with E-state index in [1.165, 1.54) is 16.9 Å². The summed E-state index contributed by atoms with van der Waals surface area (Å²) in [7, 11) is 0. The Morgan fingerprint density at radius 3 is 2.39 bits per heavy atom. The molecule has 1 aromatic heterocycles. The Balaban J connectivity index is 1.57. The number of ether oxygens (including phenoxy) is 1. The van der Waals surface area contributed by atoms with Crippen LogP contribution in [-0.2, 0) is 11.2 Å². The number of nitrogens with zero attached hydrogens (tertiary/aromatic N) is 3. The normalized spacial score (nSPS) is 14.4. The van der Waals surface area contributed by atoms with E-state index >= 15 is 0 Å². The Kier molecular flexibility index (Phi) is 6.67.